The van der Waals surface area contributed by atoms with E-state index in [1.165, 1.54) is 13.8 Å². The summed E-state index contributed by atoms with van der Waals surface area (Å²) in [5.74, 6) is -3.41. The van der Waals surface area contributed by atoms with Crippen LogP contribution in [0.3, 0.4) is 0 Å². The van der Waals surface area contributed by atoms with E-state index >= 15 is 0 Å². The van der Waals surface area contributed by atoms with Gasteiger partial charge in [-0.25, -0.2) is 0 Å². The smallest absolute Gasteiger partial charge is 0.324 e. The summed E-state index contributed by atoms with van der Waals surface area (Å²) < 4.78 is 22.8. The van der Waals surface area contributed by atoms with Crippen LogP contribution in [-0.2, 0) is 19.1 Å². The van der Waals surface area contributed by atoms with Crippen molar-refractivity contribution in [3.63, 3.8) is 0 Å². The third kappa shape index (κ3) is 3.95. The molecule has 1 fully saturated rings. The van der Waals surface area contributed by atoms with Crippen molar-refractivity contribution in [3.8, 4) is 11.5 Å². The highest BCUT2D eigenvalue weighted by Gasteiger charge is 2.48. The van der Waals surface area contributed by atoms with E-state index in [1.54, 1.807) is 13.2 Å². The van der Waals surface area contributed by atoms with Gasteiger partial charge >= 0.3 is 11.9 Å². The van der Waals surface area contributed by atoms with Crippen molar-refractivity contribution < 1.29 is 28.5 Å². The average molecular weight is 502 g/mol. The third-order valence-electron chi connectivity index (χ3n) is 5.39. The molecule has 7 nitrogen and oxygen atoms in total. The summed E-state index contributed by atoms with van der Waals surface area (Å²) in [4.78, 5) is 29.4. The number of cyclic esters (lactones) is 2. The van der Waals surface area contributed by atoms with E-state index in [9.17, 15) is 9.59 Å². The molecular formula is C24H24BrNO6. The number of nitrogens with one attached hydrogen (secondary N) is 1. The fraction of sp³-hybridized carbons (Fsp3) is 0.333. The number of rotatable bonds is 6. The molecule has 0 aliphatic carbocycles. The SMILES string of the molecule is CCOc1c(Br)cc([C@@H](c2c[nH]c3ccccc23)C2C(=O)OC(C)(C)OC2=O)cc1OC. The molecule has 1 atom stereocenters. The number of benzene rings is 2. The van der Waals surface area contributed by atoms with Gasteiger partial charge in [0.2, 0.25) is 0 Å². The highest BCUT2D eigenvalue weighted by molar-refractivity contribution is 9.10. The second-order valence-corrected chi connectivity index (χ2v) is 8.81. The fourth-order valence-corrected chi connectivity index (χ4v) is 4.68. The Morgan fingerprint density at radius 1 is 1.16 bits per heavy atom. The molecule has 0 amide bonds. The first-order chi connectivity index (χ1) is 15.3. The Bertz CT molecular complexity index is 1160. The number of H-pyrrole nitrogens is 1. The molecule has 32 heavy (non-hydrogen) atoms. The van der Waals surface area contributed by atoms with Crippen LogP contribution < -0.4 is 9.47 Å². The second-order valence-electron chi connectivity index (χ2n) is 7.95. The quantitative estimate of drug-likeness (QED) is 0.380. The zero-order valence-corrected chi connectivity index (χ0v) is 19.8. The lowest BCUT2D eigenvalue weighted by molar-refractivity contribution is -0.240. The Balaban J connectivity index is 1.92. The molecule has 0 unspecified atom stereocenters. The van der Waals surface area contributed by atoms with Crippen molar-refractivity contribution in [1.29, 1.82) is 0 Å². The molecule has 1 aliphatic heterocycles. The van der Waals surface area contributed by atoms with Crippen LogP contribution in [0, 0.1) is 5.92 Å². The summed E-state index contributed by atoms with van der Waals surface area (Å²) in [6.07, 6.45) is 1.81. The van der Waals surface area contributed by atoms with Gasteiger partial charge in [0.05, 0.1) is 18.2 Å². The molecule has 0 bridgehead atoms. The maximum absolute atomic E-state index is 13.1. The van der Waals surface area contributed by atoms with E-state index in [0.29, 0.717) is 28.1 Å². The van der Waals surface area contributed by atoms with Crippen LogP contribution in [-0.4, -0.2) is 36.4 Å². The highest BCUT2D eigenvalue weighted by Crippen LogP contribution is 2.45. The molecule has 1 aromatic heterocycles. The first-order valence-corrected chi connectivity index (χ1v) is 11.1. The number of halogens is 1. The summed E-state index contributed by atoms with van der Waals surface area (Å²) >= 11 is 3.55. The van der Waals surface area contributed by atoms with Crippen LogP contribution in [0.15, 0.2) is 47.1 Å². The molecule has 0 radical (unpaired) electrons. The van der Waals surface area contributed by atoms with Crippen molar-refractivity contribution in [1.82, 2.24) is 4.98 Å². The van der Waals surface area contributed by atoms with E-state index in [-0.39, 0.29) is 0 Å². The van der Waals surface area contributed by atoms with Crippen molar-refractivity contribution in [2.75, 3.05) is 13.7 Å². The van der Waals surface area contributed by atoms with Gasteiger partial charge in [-0.15, -0.1) is 0 Å². The van der Waals surface area contributed by atoms with E-state index in [0.717, 1.165) is 16.5 Å². The summed E-state index contributed by atoms with van der Waals surface area (Å²) in [5.41, 5.74) is 2.35. The van der Waals surface area contributed by atoms with Crippen molar-refractivity contribution in [3.05, 3.63) is 58.2 Å². The first kappa shape index (κ1) is 22.2. The molecule has 8 heteroatoms. The van der Waals surface area contributed by atoms with Crippen LogP contribution in [0.5, 0.6) is 11.5 Å². The molecule has 0 saturated carbocycles. The number of carbonyl (C=O) groups is 2. The molecule has 1 aliphatic rings. The van der Waals surface area contributed by atoms with Crippen LogP contribution >= 0.6 is 15.9 Å². The highest BCUT2D eigenvalue weighted by atomic mass is 79.9. The van der Waals surface area contributed by atoms with E-state index in [4.69, 9.17) is 18.9 Å². The van der Waals surface area contributed by atoms with Gasteiger partial charge in [-0.1, -0.05) is 18.2 Å². The van der Waals surface area contributed by atoms with Gasteiger partial charge in [-0.3, -0.25) is 9.59 Å². The summed E-state index contributed by atoms with van der Waals surface area (Å²) in [6.45, 7) is 5.41. The summed E-state index contributed by atoms with van der Waals surface area (Å²) in [5, 5.41) is 0.895. The number of carbonyl (C=O) groups excluding carboxylic acids is 2. The van der Waals surface area contributed by atoms with Crippen molar-refractivity contribution in [2.45, 2.75) is 32.5 Å². The molecule has 0 spiro atoms. The number of para-hydroxylation sites is 1. The van der Waals surface area contributed by atoms with Gasteiger partial charge < -0.3 is 23.9 Å². The Morgan fingerprint density at radius 3 is 2.50 bits per heavy atom. The topological polar surface area (TPSA) is 86.9 Å². The lowest BCUT2D eigenvalue weighted by atomic mass is 9.80. The van der Waals surface area contributed by atoms with Crippen LogP contribution in [0.1, 0.15) is 37.8 Å². The zero-order valence-electron chi connectivity index (χ0n) is 18.2. The minimum atomic E-state index is -1.31. The first-order valence-electron chi connectivity index (χ1n) is 10.3. The van der Waals surface area contributed by atoms with Gasteiger partial charge in [0.15, 0.2) is 17.4 Å². The standard InChI is InChI=1S/C24H24BrNO6/c1-5-30-21-16(25)10-13(11-18(21)29-4)19(15-12-26-17-9-7-6-8-14(15)17)20-22(27)31-24(2,3)32-23(20)28/h6-12,19-20,26H,5H2,1-4H3/t19-/m0/s1. The zero-order chi connectivity index (χ0) is 23.0. The van der Waals surface area contributed by atoms with E-state index in [2.05, 4.69) is 20.9 Å². The Morgan fingerprint density at radius 2 is 1.84 bits per heavy atom. The third-order valence-corrected chi connectivity index (χ3v) is 5.98. The Hall–Kier alpha value is -3.00. The molecule has 1 saturated heterocycles. The lowest BCUT2D eigenvalue weighted by Crippen LogP contribution is -2.48. The monoisotopic (exact) mass is 501 g/mol. The number of methoxy groups -OCH3 is 1. The Labute approximate surface area is 194 Å². The van der Waals surface area contributed by atoms with Gasteiger partial charge in [0, 0.05) is 36.9 Å². The maximum Gasteiger partial charge on any atom is 0.324 e. The molecule has 168 valence electrons. The van der Waals surface area contributed by atoms with Gasteiger partial charge in [0.25, 0.3) is 5.79 Å². The van der Waals surface area contributed by atoms with Gasteiger partial charge in [-0.2, -0.15) is 0 Å². The minimum Gasteiger partial charge on any atom is -0.493 e. The second kappa shape index (κ2) is 8.50. The molecule has 2 aromatic carbocycles. The largest absolute Gasteiger partial charge is 0.493 e. The average Bonchev–Trinajstić information content (AvgIpc) is 3.15. The number of ether oxygens (including phenoxy) is 4. The normalized spacial score (nSPS) is 17.0. The Kier molecular flexibility index (Phi) is 5.90. The summed E-state index contributed by atoms with van der Waals surface area (Å²) in [7, 11) is 1.54. The van der Waals surface area contributed by atoms with Crippen molar-refractivity contribution in [2.24, 2.45) is 5.92 Å². The number of aromatic nitrogens is 1. The van der Waals surface area contributed by atoms with Gasteiger partial charge in [0.1, 0.15) is 0 Å². The maximum atomic E-state index is 13.1. The molecule has 1 N–H and O–H groups in total. The fourth-order valence-electron chi connectivity index (χ4n) is 4.11. The van der Waals surface area contributed by atoms with E-state index in [1.807, 2.05) is 43.5 Å². The molecule has 4 rings (SSSR count). The number of hydrogen-bond donors (Lipinski definition) is 1. The molecular weight excluding hydrogens is 478 g/mol. The predicted octanol–water partition coefficient (Wildman–Crippen LogP) is 4.92. The molecule has 3 aromatic rings. The molecule has 2 heterocycles. The van der Waals surface area contributed by atoms with Crippen LogP contribution in [0.25, 0.3) is 10.9 Å². The number of aromatic amines is 1. The lowest BCUT2D eigenvalue weighted by Gasteiger charge is -2.36. The number of esters is 2. The van der Waals surface area contributed by atoms with E-state index < -0.39 is 29.6 Å². The van der Waals surface area contributed by atoms with Crippen LogP contribution in [0.2, 0.25) is 0 Å². The minimum absolute atomic E-state index is 0.455. The van der Waals surface area contributed by atoms with Crippen molar-refractivity contribution >= 4 is 38.8 Å². The number of fused-ring (bicyclic) bond motifs is 1. The van der Waals surface area contributed by atoms with Gasteiger partial charge in [-0.05, 0) is 52.2 Å². The predicted molar refractivity (Wildman–Crippen MR) is 122 cm³/mol. The van der Waals surface area contributed by atoms with Crippen LogP contribution in [0.4, 0.5) is 0 Å². The number of hydrogen-bond acceptors (Lipinski definition) is 6. The summed E-state index contributed by atoms with van der Waals surface area (Å²) in [6, 6.07) is 11.3.